The first-order chi connectivity index (χ1) is 16.7. The van der Waals surface area contributed by atoms with Crippen LogP contribution in [0.3, 0.4) is 0 Å². The molecule has 0 spiro atoms. The van der Waals surface area contributed by atoms with Gasteiger partial charge < -0.3 is 48.5 Å². The number of halogens is 1. The fraction of sp³-hybridized carbons (Fsp3) is 0.524. The van der Waals surface area contributed by atoms with Crippen molar-refractivity contribution in [2.24, 2.45) is 22.9 Å². The first-order valence-corrected chi connectivity index (χ1v) is 11.8. The lowest BCUT2D eigenvalue weighted by atomic mass is 10.0. The highest BCUT2D eigenvalue weighted by Crippen LogP contribution is 2.28. The average molecular weight is 506 g/mol. The Morgan fingerprint density at radius 1 is 0.943 bits per heavy atom. The number of carbonyl (C=O) groups excluding carboxylic acids is 1. The van der Waals surface area contributed by atoms with E-state index in [1.165, 1.54) is 0 Å². The van der Waals surface area contributed by atoms with Crippen LogP contribution >= 0.6 is 11.6 Å². The Bertz CT molecular complexity index is 994. The van der Waals surface area contributed by atoms with Crippen LogP contribution in [-0.4, -0.2) is 82.9 Å². The molecular weight excluding hydrogens is 474 g/mol. The van der Waals surface area contributed by atoms with E-state index in [0.29, 0.717) is 55.4 Å². The Balaban J connectivity index is 1.64. The fourth-order valence-electron chi connectivity index (χ4n) is 4.39. The molecule has 2 aliphatic heterocycles. The number of rotatable bonds is 6. The van der Waals surface area contributed by atoms with Crippen molar-refractivity contribution in [3.63, 3.8) is 0 Å². The Morgan fingerprint density at radius 2 is 1.46 bits per heavy atom. The van der Waals surface area contributed by atoms with Crippen molar-refractivity contribution in [1.82, 2.24) is 15.0 Å². The van der Waals surface area contributed by atoms with Crippen LogP contribution in [0.5, 0.6) is 0 Å². The van der Waals surface area contributed by atoms with Crippen molar-refractivity contribution in [3.05, 3.63) is 23.2 Å². The van der Waals surface area contributed by atoms with E-state index in [2.05, 4.69) is 20.6 Å². The number of nitrogens with two attached hydrogens (primary N) is 4. The van der Waals surface area contributed by atoms with Gasteiger partial charge in [-0.05, 0) is 31.0 Å². The van der Waals surface area contributed by atoms with Crippen molar-refractivity contribution >= 4 is 46.7 Å². The lowest BCUT2D eigenvalue weighted by Gasteiger charge is -2.37. The van der Waals surface area contributed by atoms with E-state index in [0.717, 1.165) is 12.8 Å². The van der Waals surface area contributed by atoms with Gasteiger partial charge in [0.15, 0.2) is 0 Å². The standard InChI is InChI=1S/C21H32ClN11O2/c22-16-5-15(1-2-17(16)28-18(35)10-34)27-19-29-20(32-6-11(23)3-12(24)7-32)31-21(30-19)33-8-13(25)4-14(26)9-33/h1-2,5,11-14,34H,3-4,6-10,23-26H2,(H,28,35)(H,27,29,30,31). The number of carbonyl (C=O) groups is 1. The molecule has 1 aromatic carbocycles. The number of aliphatic hydroxyl groups is 1. The van der Waals surface area contributed by atoms with Crippen LogP contribution < -0.4 is 43.4 Å². The van der Waals surface area contributed by atoms with Gasteiger partial charge in [0.1, 0.15) is 6.61 Å². The molecule has 3 heterocycles. The molecule has 1 aromatic heterocycles. The number of anilines is 5. The molecule has 2 fully saturated rings. The normalized spacial score (nSPS) is 24.9. The van der Waals surface area contributed by atoms with Crippen LogP contribution in [0.4, 0.5) is 29.2 Å². The minimum atomic E-state index is -0.639. The van der Waals surface area contributed by atoms with Crippen molar-refractivity contribution in [2.75, 3.05) is 53.2 Å². The van der Waals surface area contributed by atoms with Crippen molar-refractivity contribution in [1.29, 1.82) is 0 Å². The van der Waals surface area contributed by atoms with E-state index in [1.54, 1.807) is 18.2 Å². The van der Waals surface area contributed by atoms with Crippen LogP contribution in [0.1, 0.15) is 12.8 Å². The molecule has 13 nitrogen and oxygen atoms in total. The van der Waals surface area contributed by atoms with E-state index in [-0.39, 0.29) is 29.2 Å². The molecule has 0 radical (unpaired) electrons. The first kappa shape index (κ1) is 25.3. The number of nitrogens with zero attached hydrogens (tertiary/aromatic N) is 5. The van der Waals surface area contributed by atoms with Crippen LogP contribution in [-0.2, 0) is 4.79 Å². The molecule has 0 saturated carbocycles. The maximum absolute atomic E-state index is 11.5. The SMILES string of the molecule is NC1CC(N)CN(c2nc(Nc3ccc(NC(=O)CO)c(Cl)c3)nc(N3CC(N)CC(N)C3)n2)C1. The third kappa shape index (κ3) is 6.45. The molecule has 2 aliphatic rings. The van der Waals surface area contributed by atoms with Gasteiger partial charge in [-0.1, -0.05) is 11.6 Å². The van der Waals surface area contributed by atoms with E-state index >= 15 is 0 Å². The quantitative estimate of drug-likeness (QED) is 0.250. The number of hydrogen-bond donors (Lipinski definition) is 7. The zero-order valence-corrected chi connectivity index (χ0v) is 20.0. The summed E-state index contributed by atoms with van der Waals surface area (Å²) in [5.74, 6) is 0.645. The molecule has 0 bridgehead atoms. The number of aliphatic hydroxyl groups excluding tert-OH is 1. The molecule has 2 saturated heterocycles. The van der Waals surface area contributed by atoms with Gasteiger partial charge in [-0.3, -0.25) is 4.79 Å². The second-order valence-corrected chi connectivity index (χ2v) is 9.51. The van der Waals surface area contributed by atoms with Crippen LogP contribution in [0.2, 0.25) is 5.02 Å². The monoisotopic (exact) mass is 505 g/mol. The highest BCUT2D eigenvalue weighted by molar-refractivity contribution is 6.34. The largest absolute Gasteiger partial charge is 0.387 e. The molecule has 190 valence electrons. The van der Waals surface area contributed by atoms with Gasteiger partial charge in [0.2, 0.25) is 23.8 Å². The summed E-state index contributed by atoms with van der Waals surface area (Å²) in [5, 5.41) is 14.9. The van der Waals surface area contributed by atoms with Gasteiger partial charge in [-0.25, -0.2) is 0 Å². The van der Waals surface area contributed by atoms with Crippen LogP contribution in [0.25, 0.3) is 0 Å². The predicted octanol–water partition coefficient (Wildman–Crippen LogP) is -1.07. The molecular formula is C21H32ClN11O2. The third-order valence-corrected chi connectivity index (χ3v) is 6.16. The van der Waals surface area contributed by atoms with E-state index in [4.69, 9.17) is 44.6 Å². The molecule has 4 atom stereocenters. The summed E-state index contributed by atoms with van der Waals surface area (Å²) in [7, 11) is 0. The number of benzene rings is 1. The number of amides is 1. The number of hydrogen-bond acceptors (Lipinski definition) is 12. The highest BCUT2D eigenvalue weighted by atomic mass is 35.5. The van der Waals surface area contributed by atoms with Crippen LogP contribution in [0.15, 0.2) is 18.2 Å². The minimum absolute atomic E-state index is 0.0901. The molecule has 11 N–H and O–H groups in total. The summed E-state index contributed by atoms with van der Waals surface area (Å²) in [5.41, 5.74) is 25.8. The molecule has 14 heteroatoms. The Morgan fingerprint density at radius 3 is 1.91 bits per heavy atom. The molecule has 1 amide bonds. The second kappa shape index (κ2) is 10.8. The molecule has 35 heavy (non-hydrogen) atoms. The van der Waals surface area contributed by atoms with Gasteiger partial charge in [0.05, 0.1) is 10.7 Å². The topological polar surface area (TPSA) is 211 Å². The lowest BCUT2D eigenvalue weighted by molar-refractivity contribution is -0.118. The molecule has 4 unspecified atom stereocenters. The molecule has 0 aliphatic carbocycles. The minimum Gasteiger partial charge on any atom is -0.387 e. The zero-order chi connectivity index (χ0) is 25.1. The maximum atomic E-state index is 11.5. The average Bonchev–Trinajstić information content (AvgIpc) is 2.79. The third-order valence-electron chi connectivity index (χ3n) is 5.85. The molecule has 2 aromatic rings. The van der Waals surface area contributed by atoms with Gasteiger partial charge in [-0.15, -0.1) is 0 Å². The number of nitrogens with one attached hydrogen (secondary N) is 2. The summed E-state index contributed by atoms with van der Waals surface area (Å²) in [6.45, 7) is 1.64. The van der Waals surface area contributed by atoms with Gasteiger partial charge >= 0.3 is 0 Å². The van der Waals surface area contributed by atoms with Crippen molar-refractivity contribution in [3.8, 4) is 0 Å². The summed E-state index contributed by atoms with van der Waals surface area (Å²) in [6.07, 6.45) is 1.46. The lowest BCUT2D eigenvalue weighted by Crippen LogP contribution is -2.54. The second-order valence-electron chi connectivity index (χ2n) is 9.11. The van der Waals surface area contributed by atoms with E-state index in [1.807, 2.05) is 9.80 Å². The summed E-state index contributed by atoms with van der Waals surface area (Å²) in [4.78, 5) is 29.3. The predicted molar refractivity (Wildman–Crippen MR) is 136 cm³/mol. The van der Waals surface area contributed by atoms with Crippen molar-refractivity contribution in [2.45, 2.75) is 37.0 Å². The maximum Gasteiger partial charge on any atom is 0.250 e. The summed E-state index contributed by atoms with van der Waals surface area (Å²) >= 11 is 6.31. The Labute approximate surface area is 208 Å². The molecule has 4 rings (SSSR count). The number of piperidine rings is 2. The summed E-state index contributed by atoms with van der Waals surface area (Å²) < 4.78 is 0. The Kier molecular flexibility index (Phi) is 7.84. The Hall–Kier alpha value is -2.81. The van der Waals surface area contributed by atoms with Crippen molar-refractivity contribution < 1.29 is 9.90 Å². The summed E-state index contributed by atoms with van der Waals surface area (Å²) in [6, 6.07) is 4.59. The van der Waals surface area contributed by atoms with Gasteiger partial charge in [-0.2, -0.15) is 15.0 Å². The fourth-order valence-corrected chi connectivity index (χ4v) is 4.62. The highest BCUT2D eigenvalue weighted by Gasteiger charge is 2.28. The van der Waals surface area contributed by atoms with E-state index < -0.39 is 12.5 Å². The zero-order valence-electron chi connectivity index (χ0n) is 19.3. The van der Waals surface area contributed by atoms with Gasteiger partial charge in [0.25, 0.3) is 0 Å². The smallest absolute Gasteiger partial charge is 0.250 e. The first-order valence-electron chi connectivity index (χ1n) is 11.5. The van der Waals surface area contributed by atoms with E-state index in [9.17, 15) is 4.79 Å². The number of aromatic nitrogens is 3. The van der Waals surface area contributed by atoms with Crippen LogP contribution in [0, 0.1) is 0 Å². The van der Waals surface area contributed by atoms with Gasteiger partial charge in [0, 0.05) is 56.0 Å².